The highest BCUT2D eigenvalue weighted by atomic mass is 32.2. The van der Waals surface area contributed by atoms with Crippen LogP contribution in [0.4, 0.5) is 15.8 Å². The number of nitrogens with zero attached hydrogens (tertiary/aromatic N) is 1. The molecule has 0 aliphatic carbocycles. The Morgan fingerprint density at radius 3 is 2.11 bits per heavy atom. The lowest BCUT2D eigenvalue weighted by molar-refractivity contribution is -0.117. The molecule has 0 aromatic heterocycles. The van der Waals surface area contributed by atoms with Crippen LogP contribution in [0.2, 0.25) is 0 Å². The standard InChI is InChI=1S/C18H19FN2O5S/c1-3-16(17(22)20-14-8-4-12(5-9-14)18(23)24)21(27(2,25)26)15-10-6-13(19)7-11-15/h4-11,16H,3H2,1-2H3,(H,20,22)(H,23,24). The Morgan fingerprint density at radius 2 is 1.67 bits per heavy atom. The maximum atomic E-state index is 13.2. The predicted molar refractivity (Wildman–Crippen MR) is 99.8 cm³/mol. The van der Waals surface area contributed by atoms with Gasteiger partial charge in [-0.3, -0.25) is 9.10 Å². The molecule has 1 atom stereocenters. The van der Waals surface area contributed by atoms with Gasteiger partial charge in [-0.1, -0.05) is 6.92 Å². The highest BCUT2D eigenvalue weighted by Crippen LogP contribution is 2.23. The average molecular weight is 394 g/mol. The Balaban J connectivity index is 2.31. The molecule has 0 saturated carbocycles. The van der Waals surface area contributed by atoms with Gasteiger partial charge in [0.2, 0.25) is 15.9 Å². The van der Waals surface area contributed by atoms with Crippen LogP contribution >= 0.6 is 0 Å². The molecule has 2 aromatic carbocycles. The van der Waals surface area contributed by atoms with Crippen LogP contribution in [0.25, 0.3) is 0 Å². The van der Waals surface area contributed by atoms with E-state index >= 15 is 0 Å². The summed E-state index contributed by atoms with van der Waals surface area (Å²) in [6.07, 6.45) is 1.14. The van der Waals surface area contributed by atoms with Crippen molar-refractivity contribution in [3.63, 3.8) is 0 Å². The number of benzene rings is 2. The Morgan fingerprint density at radius 1 is 1.11 bits per heavy atom. The van der Waals surface area contributed by atoms with Gasteiger partial charge in [0.1, 0.15) is 11.9 Å². The second-order valence-electron chi connectivity index (χ2n) is 5.83. The van der Waals surface area contributed by atoms with E-state index in [1.807, 2.05) is 0 Å². The molecule has 0 heterocycles. The highest BCUT2D eigenvalue weighted by Gasteiger charge is 2.31. The number of hydrogen-bond acceptors (Lipinski definition) is 4. The smallest absolute Gasteiger partial charge is 0.335 e. The summed E-state index contributed by atoms with van der Waals surface area (Å²) < 4.78 is 38.7. The first kappa shape index (κ1) is 20.4. The van der Waals surface area contributed by atoms with Crippen LogP contribution in [0.15, 0.2) is 48.5 Å². The van der Waals surface area contributed by atoms with E-state index < -0.39 is 33.8 Å². The molecule has 1 unspecified atom stereocenters. The molecule has 0 spiro atoms. The Labute approximate surface area is 156 Å². The summed E-state index contributed by atoms with van der Waals surface area (Å²) in [7, 11) is -3.83. The zero-order valence-electron chi connectivity index (χ0n) is 14.7. The van der Waals surface area contributed by atoms with Gasteiger partial charge >= 0.3 is 5.97 Å². The van der Waals surface area contributed by atoms with Crippen molar-refractivity contribution >= 4 is 33.3 Å². The van der Waals surface area contributed by atoms with E-state index in [2.05, 4.69) is 5.32 Å². The van der Waals surface area contributed by atoms with E-state index in [0.717, 1.165) is 22.7 Å². The van der Waals surface area contributed by atoms with E-state index in [1.54, 1.807) is 6.92 Å². The number of nitrogens with one attached hydrogen (secondary N) is 1. The lowest BCUT2D eigenvalue weighted by Crippen LogP contribution is -2.47. The number of halogens is 1. The van der Waals surface area contributed by atoms with Crippen LogP contribution in [0.5, 0.6) is 0 Å². The third kappa shape index (κ3) is 5.04. The van der Waals surface area contributed by atoms with E-state index in [0.29, 0.717) is 5.69 Å². The first-order valence-electron chi connectivity index (χ1n) is 8.02. The van der Waals surface area contributed by atoms with Crippen molar-refractivity contribution < 1.29 is 27.5 Å². The van der Waals surface area contributed by atoms with Crippen molar-refractivity contribution in [3.8, 4) is 0 Å². The van der Waals surface area contributed by atoms with Crippen molar-refractivity contribution in [2.45, 2.75) is 19.4 Å². The van der Waals surface area contributed by atoms with E-state index in [4.69, 9.17) is 5.11 Å². The zero-order chi connectivity index (χ0) is 20.2. The van der Waals surface area contributed by atoms with Gasteiger partial charge in [0.25, 0.3) is 0 Å². The average Bonchev–Trinajstić information content (AvgIpc) is 2.60. The number of carboxylic acids is 1. The number of aromatic carboxylic acids is 1. The molecule has 2 N–H and O–H groups in total. The minimum absolute atomic E-state index is 0.0594. The zero-order valence-corrected chi connectivity index (χ0v) is 15.5. The molecule has 0 radical (unpaired) electrons. The van der Waals surface area contributed by atoms with E-state index in [9.17, 15) is 22.4 Å². The van der Waals surface area contributed by atoms with Crippen LogP contribution in [-0.4, -0.2) is 37.7 Å². The summed E-state index contributed by atoms with van der Waals surface area (Å²) in [5.74, 6) is -2.21. The van der Waals surface area contributed by atoms with Gasteiger partial charge in [-0.15, -0.1) is 0 Å². The number of sulfonamides is 1. The summed E-state index contributed by atoms with van der Waals surface area (Å²) in [5.41, 5.74) is 0.558. The fourth-order valence-corrected chi connectivity index (χ4v) is 3.78. The molecule has 0 fully saturated rings. The Bertz CT molecular complexity index is 927. The topological polar surface area (TPSA) is 104 Å². The summed E-state index contributed by atoms with van der Waals surface area (Å²) in [5, 5.41) is 11.5. The molecule has 0 saturated heterocycles. The molecule has 144 valence electrons. The third-order valence-electron chi connectivity index (χ3n) is 3.81. The van der Waals surface area contributed by atoms with E-state index in [1.165, 1.54) is 36.4 Å². The van der Waals surface area contributed by atoms with E-state index in [-0.39, 0.29) is 17.7 Å². The molecule has 2 rings (SSSR count). The van der Waals surface area contributed by atoms with Crippen molar-refractivity contribution in [2.24, 2.45) is 0 Å². The summed E-state index contributed by atoms with van der Waals surface area (Å²) in [6, 6.07) is 9.21. The lowest BCUT2D eigenvalue weighted by Gasteiger charge is -2.30. The number of carbonyl (C=O) groups is 2. The van der Waals surface area contributed by atoms with Gasteiger partial charge in [0, 0.05) is 5.69 Å². The largest absolute Gasteiger partial charge is 0.478 e. The minimum atomic E-state index is -3.83. The number of rotatable bonds is 7. The fraction of sp³-hybridized carbons (Fsp3) is 0.222. The molecule has 2 aromatic rings. The summed E-state index contributed by atoms with van der Waals surface area (Å²) in [4.78, 5) is 23.6. The third-order valence-corrected chi connectivity index (χ3v) is 4.99. The second-order valence-corrected chi connectivity index (χ2v) is 7.69. The van der Waals surface area contributed by atoms with Gasteiger partial charge in [0.15, 0.2) is 0 Å². The molecule has 9 heteroatoms. The maximum absolute atomic E-state index is 13.2. The van der Waals surface area contributed by atoms with Crippen molar-refractivity contribution in [1.29, 1.82) is 0 Å². The number of carbonyl (C=O) groups excluding carboxylic acids is 1. The van der Waals surface area contributed by atoms with Crippen LogP contribution in [0, 0.1) is 5.82 Å². The SMILES string of the molecule is CCC(C(=O)Nc1ccc(C(=O)O)cc1)N(c1ccc(F)cc1)S(C)(=O)=O. The maximum Gasteiger partial charge on any atom is 0.335 e. The van der Waals surface area contributed by atoms with Crippen LogP contribution in [0.3, 0.4) is 0 Å². The quantitative estimate of drug-likeness (QED) is 0.751. The summed E-state index contributed by atoms with van der Waals surface area (Å²) >= 11 is 0. The number of carboxylic acid groups (broad SMARTS) is 1. The number of anilines is 2. The van der Waals surface area contributed by atoms with Crippen LogP contribution in [-0.2, 0) is 14.8 Å². The first-order chi connectivity index (χ1) is 12.6. The molecule has 1 amide bonds. The number of hydrogen-bond donors (Lipinski definition) is 2. The van der Waals surface area contributed by atoms with Crippen LogP contribution < -0.4 is 9.62 Å². The van der Waals surface area contributed by atoms with Gasteiger partial charge in [-0.05, 0) is 55.0 Å². The predicted octanol–water partition coefficient (Wildman–Crippen LogP) is 2.71. The summed E-state index contributed by atoms with van der Waals surface area (Å²) in [6.45, 7) is 1.65. The molecule has 27 heavy (non-hydrogen) atoms. The molecule has 0 bridgehead atoms. The lowest BCUT2D eigenvalue weighted by atomic mass is 10.1. The first-order valence-corrected chi connectivity index (χ1v) is 9.87. The number of amides is 1. The van der Waals surface area contributed by atoms with Crippen molar-refractivity contribution in [1.82, 2.24) is 0 Å². The van der Waals surface area contributed by atoms with Gasteiger partial charge < -0.3 is 10.4 Å². The fourth-order valence-electron chi connectivity index (χ4n) is 2.57. The minimum Gasteiger partial charge on any atom is -0.478 e. The van der Waals surface area contributed by atoms with Crippen molar-refractivity contribution in [2.75, 3.05) is 15.9 Å². The monoisotopic (exact) mass is 394 g/mol. The molecule has 7 nitrogen and oxygen atoms in total. The second kappa shape index (κ2) is 8.17. The van der Waals surface area contributed by atoms with Gasteiger partial charge in [-0.25, -0.2) is 17.6 Å². The van der Waals surface area contributed by atoms with Gasteiger partial charge in [0.05, 0.1) is 17.5 Å². The van der Waals surface area contributed by atoms with Crippen molar-refractivity contribution in [3.05, 3.63) is 59.9 Å². The molecule has 0 aliphatic heterocycles. The highest BCUT2D eigenvalue weighted by molar-refractivity contribution is 7.92. The molecule has 0 aliphatic rings. The molecular weight excluding hydrogens is 375 g/mol. The Hall–Kier alpha value is -2.94. The Kier molecular flexibility index (Phi) is 6.17. The van der Waals surface area contributed by atoms with Crippen LogP contribution in [0.1, 0.15) is 23.7 Å². The molecular formula is C18H19FN2O5S. The normalized spacial score (nSPS) is 12.3. The van der Waals surface area contributed by atoms with Gasteiger partial charge in [-0.2, -0.15) is 0 Å².